The smallest absolute Gasteiger partial charge is 0.305 e. The van der Waals surface area contributed by atoms with Crippen LogP contribution in [0.3, 0.4) is 0 Å². The summed E-state index contributed by atoms with van der Waals surface area (Å²) in [5.74, 6) is -0.0578. The largest absolute Gasteiger partial charge is 0.466 e. The molecular weight excluding hydrogens is 1040 g/mol. The molecule has 6 nitrogen and oxygen atoms in total. The lowest BCUT2D eigenvalue weighted by Gasteiger charge is -2.20. The van der Waals surface area contributed by atoms with Gasteiger partial charge in [0, 0.05) is 12.8 Å². The average Bonchev–Trinajstić information content (AvgIpc) is 3.51. The van der Waals surface area contributed by atoms with Crippen molar-refractivity contribution in [1.82, 2.24) is 5.32 Å². The Morgan fingerprint density at radius 3 is 0.918 bits per heavy atom. The third-order valence-electron chi connectivity index (χ3n) is 17.8. The van der Waals surface area contributed by atoms with Crippen molar-refractivity contribution in [2.45, 2.75) is 431 Å². The van der Waals surface area contributed by atoms with E-state index >= 15 is 0 Å². The first-order chi connectivity index (χ1) is 42.0. The van der Waals surface area contributed by atoms with Crippen LogP contribution in [0.4, 0.5) is 0 Å². The summed E-state index contributed by atoms with van der Waals surface area (Å²) >= 11 is 0. The average molecular weight is 1190 g/mol. The van der Waals surface area contributed by atoms with Gasteiger partial charge in [0.2, 0.25) is 5.91 Å². The lowest BCUT2D eigenvalue weighted by atomic mass is 10.0. The molecule has 0 aliphatic rings. The lowest BCUT2D eigenvalue weighted by Crippen LogP contribution is -2.45. The number of nitrogens with one attached hydrogen (secondary N) is 1. The Kier molecular flexibility index (Phi) is 72.4. The highest BCUT2D eigenvalue weighted by molar-refractivity contribution is 5.76. The molecule has 0 heterocycles. The molecule has 0 rings (SSSR count). The Bertz CT molecular complexity index is 1420. The summed E-state index contributed by atoms with van der Waals surface area (Å²) < 4.78 is 5.49. The molecule has 0 aromatic carbocycles. The molecule has 0 saturated carbocycles. The van der Waals surface area contributed by atoms with Crippen LogP contribution in [-0.2, 0) is 14.3 Å². The molecule has 0 fully saturated rings. The number of hydrogen-bond acceptors (Lipinski definition) is 5. The first kappa shape index (κ1) is 82.8. The number of rotatable bonds is 72. The van der Waals surface area contributed by atoms with Crippen LogP contribution in [0.15, 0.2) is 48.6 Å². The number of unbranched alkanes of at least 4 members (excludes halogenated alkanes) is 55. The zero-order chi connectivity index (χ0) is 61.3. The minimum Gasteiger partial charge on any atom is -0.466 e. The molecule has 6 heteroatoms. The van der Waals surface area contributed by atoms with Crippen molar-refractivity contribution in [3.05, 3.63) is 48.6 Å². The molecule has 500 valence electrons. The normalized spacial score (nSPS) is 12.8. The molecule has 0 bridgehead atoms. The number of aliphatic hydroxyl groups is 2. The van der Waals surface area contributed by atoms with E-state index in [1.165, 1.54) is 340 Å². The topological polar surface area (TPSA) is 95.9 Å². The highest BCUT2D eigenvalue weighted by Crippen LogP contribution is 2.19. The molecule has 0 aromatic rings. The number of carbonyl (C=O) groups excluding carboxylic acids is 2. The first-order valence-electron chi connectivity index (χ1n) is 38.4. The predicted molar refractivity (Wildman–Crippen MR) is 375 cm³/mol. The molecule has 0 aliphatic carbocycles. The fraction of sp³-hybridized carbons (Fsp3) is 0.873. The van der Waals surface area contributed by atoms with E-state index in [1.54, 1.807) is 6.08 Å². The minimum atomic E-state index is -0.845. The first-order valence-corrected chi connectivity index (χ1v) is 38.4. The molecule has 0 spiro atoms. The minimum absolute atomic E-state index is 0.00426. The maximum Gasteiger partial charge on any atom is 0.305 e. The van der Waals surface area contributed by atoms with Gasteiger partial charge in [-0.3, -0.25) is 9.59 Å². The number of carbonyl (C=O) groups is 2. The third-order valence-corrected chi connectivity index (χ3v) is 17.8. The van der Waals surface area contributed by atoms with E-state index in [9.17, 15) is 19.8 Å². The maximum atomic E-state index is 12.5. The van der Waals surface area contributed by atoms with Crippen LogP contribution < -0.4 is 5.32 Å². The monoisotopic (exact) mass is 1190 g/mol. The number of esters is 1. The molecule has 3 N–H and O–H groups in total. The summed E-state index contributed by atoms with van der Waals surface area (Å²) in [6, 6.07) is -0.628. The van der Waals surface area contributed by atoms with Crippen molar-refractivity contribution in [3.63, 3.8) is 0 Å². The Balaban J connectivity index is 3.39. The van der Waals surface area contributed by atoms with Crippen LogP contribution in [-0.4, -0.2) is 47.4 Å². The summed E-state index contributed by atoms with van der Waals surface area (Å²) in [7, 11) is 0. The van der Waals surface area contributed by atoms with Crippen molar-refractivity contribution < 1.29 is 24.5 Å². The highest BCUT2D eigenvalue weighted by atomic mass is 16.5. The van der Waals surface area contributed by atoms with Crippen molar-refractivity contribution >= 4 is 11.9 Å². The van der Waals surface area contributed by atoms with E-state index in [4.69, 9.17) is 4.74 Å². The van der Waals surface area contributed by atoms with Crippen molar-refractivity contribution in [2.24, 2.45) is 0 Å². The lowest BCUT2D eigenvalue weighted by molar-refractivity contribution is -0.143. The van der Waals surface area contributed by atoms with Gasteiger partial charge in [0.1, 0.15) is 0 Å². The van der Waals surface area contributed by atoms with Gasteiger partial charge in [-0.2, -0.15) is 0 Å². The van der Waals surface area contributed by atoms with Crippen molar-refractivity contribution in [3.8, 4) is 0 Å². The standard InChI is InChI=1S/C79H149NO5/c1-3-5-7-9-11-13-15-17-19-21-22-34-37-40-43-47-51-55-59-63-67-71-77(82)76(75-81)80-78(83)72-68-64-60-56-52-48-44-41-38-35-32-30-28-26-24-23-25-27-29-31-33-36-39-42-46-50-54-58-62-66-70-74-85-79(84)73-69-65-61-57-53-49-45-20-18-16-14-12-10-8-6-4-2/h14,16,20,25,27,45,67,71,76-77,81-82H,3-13,15,17-19,21-24,26,28-44,46-66,68-70,72-75H2,1-2H3,(H,80,83)/b16-14-,27-25-,45-20-,71-67+. The van der Waals surface area contributed by atoms with Gasteiger partial charge >= 0.3 is 5.97 Å². The number of allylic oxidation sites excluding steroid dienone is 7. The van der Waals surface area contributed by atoms with Gasteiger partial charge in [-0.05, 0) is 89.9 Å². The van der Waals surface area contributed by atoms with Gasteiger partial charge in [0.15, 0.2) is 0 Å². The van der Waals surface area contributed by atoms with Crippen molar-refractivity contribution in [2.75, 3.05) is 13.2 Å². The number of ether oxygens (including phenoxy) is 1. The van der Waals surface area contributed by atoms with Gasteiger partial charge in [-0.1, -0.05) is 364 Å². The van der Waals surface area contributed by atoms with Crippen LogP contribution in [0.5, 0.6) is 0 Å². The highest BCUT2D eigenvalue weighted by Gasteiger charge is 2.18. The second kappa shape index (κ2) is 74.3. The summed E-state index contributed by atoms with van der Waals surface area (Å²) in [6.07, 6.45) is 97.9. The number of aliphatic hydroxyl groups excluding tert-OH is 2. The molecule has 0 saturated heterocycles. The Labute approximate surface area is 531 Å². The van der Waals surface area contributed by atoms with Crippen molar-refractivity contribution in [1.29, 1.82) is 0 Å². The third kappa shape index (κ3) is 70.8. The van der Waals surface area contributed by atoms with Gasteiger partial charge in [-0.25, -0.2) is 0 Å². The Morgan fingerprint density at radius 1 is 0.329 bits per heavy atom. The van der Waals surface area contributed by atoms with Crippen LogP contribution in [0.1, 0.15) is 418 Å². The maximum absolute atomic E-state index is 12.5. The molecule has 85 heavy (non-hydrogen) atoms. The molecule has 1 amide bonds. The van der Waals surface area contributed by atoms with E-state index in [-0.39, 0.29) is 18.5 Å². The summed E-state index contributed by atoms with van der Waals surface area (Å²) in [4.78, 5) is 24.6. The van der Waals surface area contributed by atoms with Crippen LogP contribution in [0.2, 0.25) is 0 Å². The van der Waals surface area contributed by atoms with Gasteiger partial charge in [-0.15, -0.1) is 0 Å². The fourth-order valence-corrected chi connectivity index (χ4v) is 12.0. The SMILES string of the molecule is CCCCCC/C=C\C/C=C\CCCCCCCC(=O)OCCCCCCCCCCCCCC/C=C\CCCCCCCCCCCCCCCCCC(=O)NC(CO)C(O)/C=C/CCCCCCCCCCCCCCCCCCCCC. The zero-order valence-electron chi connectivity index (χ0n) is 57.4. The van der Waals surface area contributed by atoms with Crippen LogP contribution in [0, 0.1) is 0 Å². The molecule has 0 radical (unpaired) electrons. The molecule has 2 atom stereocenters. The van der Waals surface area contributed by atoms with Gasteiger partial charge < -0.3 is 20.3 Å². The second-order valence-corrected chi connectivity index (χ2v) is 26.3. The number of hydrogen-bond donors (Lipinski definition) is 3. The predicted octanol–water partition coefficient (Wildman–Crippen LogP) is 25.2. The second-order valence-electron chi connectivity index (χ2n) is 26.3. The van der Waals surface area contributed by atoms with E-state index < -0.39 is 12.1 Å². The zero-order valence-corrected chi connectivity index (χ0v) is 57.4. The summed E-state index contributed by atoms with van der Waals surface area (Å²) in [5.41, 5.74) is 0. The van der Waals surface area contributed by atoms with Gasteiger partial charge in [0.05, 0.1) is 25.4 Å². The molecule has 0 aliphatic heterocycles. The van der Waals surface area contributed by atoms with Crippen LogP contribution in [0.25, 0.3) is 0 Å². The van der Waals surface area contributed by atoms with Crippen LogP contribution >= 0.6 is 0 Å². The Morgan fingerprint density at radius 2 is 0.588 bits per heavy atom. The van der Waals surface area contributed by atoms with E-state index in [0.29, 0.717) is 19.4 Å². The number of amides is 1. The van der Waals surface area contributed by atoms with E-state index in [0.717, 1.165) is 51.4 Å². The summed E-state index contributed by atoms with van der Waals surface area (Å²) in [5, 5.41) is 23.3. The molecule has 0 aromatic heterocycles. The van der Waals surface area contributed by atoms with Gasteiger partial charge in [0.25, 0.3) is 0 Å². The fourth-order valence-electron chi connectivity index (χ4n) is 12.0. The molecule has 2 unspecified atom stereocenters. The van der Waals surface area contributed by atoms with E-state index in [2.05, 4.69) is 55.6 Å². The van der Waals surface area contributed by atoms with E-state index in [1.807, 2.05) is 6.08 Å². The molecular formula is C79H149NO5. The Hall–Kier alpha value is -2.18. The summed E-state index contributed by atoms with van der Waals surface area (Å²) in [6.45, 7) is 4.92. The quantitative estimate of drug-likeness (QED) is 0.0320.